The lowest BCUT2D eigenvalue weighted by molar-refractivity contribution is -0.155. The van der Waals surface area contributed by atoms with E-state index in [9.17, 15) is 23.1 Å². The van der Waals surface area contributed by atoms with E-state index >= 15 is 0 Å². The molecule has 0 aromatic heterocycles. The topological polar surface area (TPSA) is 130 Å². The summed E-state index contributed by atoms with van der Waals surface area (Å²) in [6.07, 6.45) is 0. The van der Waals surface area contributed by atoms with Gasteiger partial charge in [-0.15, -0.1) is 0 Å². The van der Waals surface area contributed by atoms with Crippen molar-refractivity contribution in [1.82, 2.24) is 4.72 Å². The molecule has 122 valence electrons. The Morgan fingerprint density at radius 2 is 1.95 bits per heavy atom. The van der Waals surface area contributed by atoms with Gasteiger partial charge in [0, 0.05) is 0 Å². The van der Waals surface area contributed by atoms with Crippen molar-refractivity contribution in [3.63, 3.8) is 0 Å². The van der Waals surface area contributed by atoms with Crippen LogP contribution in [0.4, 0.5) is 0 Å². The molecule has 0 aliphatic heterocycles. The number of benzene rings is 1. The molecular weight excluding hydrogens is 314 g/mol. The highest BCUT2D eigenvalue weighted by atomic mass is 32.2. The molecule has 1 unspecified atom stereocenters. The second kappa shape index (κ2) is 6.42. The van der Waals surface area contributed by atoms with Gasteiger partial charge in [-0.25, -0.2) is 22.7 Å². The fraction of sp³-hybridized carbons (Fsp3) is 0.385. The molecule has 0 fully saturated rings. The molecule has 3 N–H and O–H groups in total. The van der Waals surface area contributed by atoms with Gasteiger partial charge >= 0.3 is 11.9 Å². The Morgan fingerprint density at radius 1 is 1.36 bits per heavy atom. The number of esters is 1. The van der Waals surface area contributed by atoms with E-state index in [4.69, 9.17) is 5.11 Å². The summed E-state index contributed by atoms with van der Waals surface area (Å²) in [7, 11) is -2.83. The van der Waals surface area contributed by atoms with Gasteiger partial charge in [0.15, 0.2) is 5.60 Å². The second-order valence-corrected chi connectivity index (χ2v) is 6.61. The first kappa shape index (κ1) is 18.1. The molecule has 8 nitrogen and oxygen atoms in total. The van der Waals surface area contributed by atoms with E-state index in [1.165, 1.54) is 32.2 Å². The third kappa shape index (κ3) is 4.03. The lowest BCUT2D eigenvalue weighted by atomic mass is 10.1. The second-order valence-electron chi connectivity index (χ2n) is 4.88. The minimum atomic E-state index is -4.03. The SMILES string of the molecule is COC(=O)c1ccc(S(=O)(=O)NCC(C)(O)C(=O)O)c(C)c1. The number of hydrogen-bond acceptors (Lipinski definition) is 6. The number of carbonyl (C=O) groups excluding carboxylic acids is 1. The first-order valence-electron chi connectivity index (χ1n) is 6.15. The number of hydrogen-bond donors (Lipinski definition) is 3. The molecule has 0 radical (unpaired) electrons. The van der Waals surface area contributed by atoms with Crippen molar-refractivity contribution < 1.29 is 33.0 Å². The first-order chi connectivity index (χ1) is 10.0. The molecule has 0 bridgehead atoms. The van der Waals surface area contributed by atoms with Crippen molar-refractivity contribution >= 4 is 22.0 Å². The first-order valence-corrected chi connectivity index (χ1v) is 7.64. The van der Waals surface area contributed by atoms with Crippen LogP contribution in [0.25, 0.3) is 0 Å². The standard InChI is InChI=1S/C13H17NO7S/c1-8-6-9(11(15)21-3)4-5-10(8)22(19,20)14-7-13(2,18)12(16)17/h4-6,14,18H,7H2,1-3H3,(H,16,17). The van der Waals surface area contributed by atoms with Crippen molar-refractivity contribution in [1.29, 1.82) is 0 Å². The van der Waals surface area contributed by atoms with E-state index in [-0.39, 0.29) is 16.0 Å². The maximum atomic E-state index is 12.1. The molecule has 0 heterocycles. The third-order valence-corrected chi connectivity index (χ3v) is 4.51. The summed E-state index contributed by atoms with van der Waals surface area (Å²) in [6.45, 7) is 1.77. The molecule has 1 rings (SSSR count). The van der Waals surface area contributed by atoms with E-state index < -0.39 is 34.1 Å². The van der Waals surface area contributed by atoms with E-state index in [1.807, 2.05) is 4.72 Å². The molecule has 0 saturated carbocycles. The Labute approximate surface area is 127 Å². The zero-order valence-corrected chi connectivity index (χ0v) is 13.1. The highest BCUT2D eigenvalue weighted by Gasteiger charge is 2.32. The summed E-state index contributed by atoms with van der Waals surface area (Å²) in [4.78, 5) is 22.0. The molecule has 1 aromatic rings. The van der Waals surface area contributed by atoms with Crippen LogP contribution in [0.5, 0.6) is 0 Å². The largest absolute Gasteiger partial charge is 0.479 e. The average Bonchev–Trinajstić information content (AvgIpc) is 2.44. The van der Waals surface area contributed by atoms with Crippen molar-refractivity contribution in [3.05, 3.63) is 29.3 Å². The van der Waals surface area contributed by atoms with Gasteiger partial charge in [0.25, 0.3) is 0 Å². The van der Waals surface area contributed by atoms with Gasteiger partial charge < -0.3 is 14.9 Å². The van der Waals surface area contributed by atoms with Gasteiger partial charge in [-0.1, -0.05) is 0 Å². The van der Waals surface area contributed by atoms with Gasteiger partial charge in [0.05, 0.1) is 24.1 Å². The summed E-state index contributed by atoms with van der Waals surface area (Å²) in [5.41, 5.74) is -1.76. The number of aliphatic hydroxyl groups is 1. The molecule has 0 aliphatic rings. The predicted octanol–water partition coefficient (Wildman–Crippen LogP) is -0.104. The summed E-state index contributed by atoms with van der Waals surface area (Å²) in [6, 6.07) is 3.83. The number of carboxylic acids is 1. The fourth-order valence-corrected chi connectivity index (χ4v) is 2.94. The zero-order valence-electron chi connectivity index (χ0n) is 12.3. The Bertz CT molecular complexity index is 694. The van der Waals surface area contributed by atoms with Crippen LogP contribution in [-0.4, -0.2) is 49.8 Å². The summed E-state index contributed by atoms with van der Waals surface area (Å²) >= 11 is 0. The maximum absolute atomic E-state index is 12.1. The molecule has 1 aromatic carbocycles. The predicted molar refractivity (Wildman–Crippen MR) is 76.0 cm³/mol. The number of methoxy groups -OCH3 is 1. The lowest BCUT2D eigenvalue weighted by Gasteiger charge is -2.19. The smallest absolute Gasteiger partial charge is 0.337 e. The number of rotatable bonds is 6. The molecule has 0 spiro atoms. The number of carbonyl (C=O) groups is 2. The minimum Gasteiger partial charge on any atom is -0.479 e. The van der Waals surface area contributed by atoms with Crippen LogP contribution in [0.2, 0.25) is 0 Å². The summed E-state index contributed by atoms with van der Waals surface area (Å²) in [5.74, 6) is -2.15. The molecule has 1 atom stereocenters. The molecule has 0 amide bonds. The number of carboxylic acid groups (broad SMARTS) is 1. The van der Waals surface area contributed by atoms with Crippen molar-refractivity contribution in [3.8, 4) is 0 Å². The molecular formula is C13H17NO7S. The van der Waals surface area contributed by atoms with Gasteiger partial charge in [-0.05, 0) is 37.6 Å². The summed E-state index contributed by atoms with van der Waals surface area (Å²) < 4.78 is 30.8. The van der Waals surface area contributed by atoms with Gasteiger partial charge in [0.2, 0.25) is 10.0 Å². The van der Waals surface area contributed by atoms with E-state index in [0.717, 1.165) is 6.92 Å². The number of aryl methyl sites for hydroxylation is 1. The van der Waals surface area contributed by atoms with Crippen LogP contribution < -0.4 is 4.72 Å². The van der Waals surface area contributed by atoms with Crippen LogP contribution in [0.15, 0.2) is 23.1 Å². The Hall–Kier alpha value is -1.97. The number of nitrogens with one attached hydrogen (secondary N) is 1. The quantitative estimate of drug-likeness (QED) is 0.620. The minimum absolute atomic E-state index is 0.124. The monoisotopic (exact) mass is 331 g/mol. The number of ether oxygens (including phenoxy) is 1. The Balaban J connectivity index is 3.04. The molecule has 0 saturated heterocycles. The normalized spacial score (nSPS) is 14.2. The van der Waals surface area contributed by atoms with E-state index in [1.54, 1.807) is 0 Å². The van der Waals surface area contributed by atoms with Crippen LogP contribution in [0.1, 0.15) is 22.8 Å². The Kier molecular flexibility index (Phi) is 5.28. The zero-order chi connectivity index (χ0) is 17.1. The lowest BCUT2D eigenvalue weighted by Crippen LogP contribution is -2.46. The third-order valence-electron chi connectivity index (χ3n) is 2.95. The average molecular weight is 331 g/mol. The highest BCUT2D eigenvalue weighted by molar-refractivity contribution is 7.89. The van der Waals surface area contributed by atoms with Crippen molar-refractivity contribution in [2.75, 3.05) is 13.7 Å². The van der Waals surface area contributed by atoms with Crippen molar-refractivity contribution in [2.24, 2.45) is 0 Å². The molecule has 22 heavy (non-hydrogen) atoms. The van der Waals surface area contributed by atoms with Gasteiger partial charge in [-0.2, -0.15) is 0 Å². The number of aliphatic carboxylic acids is 1. The molecule has 0 aliphatic carbocycles. The van der Waals surface area contributed by atoms with Crippen LogP contribution >= 0.6 is 0 Å². The Morgan fingerprint density at radius 3 is 2.41 bits per heavy atom. The van der Waals surface area contributed by atoms with E-state index in [0.29, 0.717) is 0 Å². The number of sulfonamides is 1. The van der Waals surface area contributed by atoms with E-state index in [2.05, 4.69) is 4.74 Å². The van der Waals surface area contributed by atoms with Gasteiger partial charge in [0.1, 0.15) is 0 Å². The van der Waals surface area contributed by atoms with Crippen molar-refractivity contribution in [2.45, 2.75) is 24.3 Å². The van der Waals surface area contributed by atoms with Crippen LogP contribution in [-0.2, 0) is 19.6 Å². The van der Waals surface area contributed by atoms with Gasteiger partial charge in [-0.3, -0.25) is 0 Å². The highest BCUT2D eigenvalue weighted by Crippen LogP contribution is 2.17. The maximum Gasteiger partial charge on any atom is 0.337 e. The fourth-order valence-electron chi connectivity index (χ4n) is 1.58. The molecule has 9 heteroatoms. The van der Waals surface area contributed by atoms with Crippen LogP contribution in [0, 0.1) is 6.92 Å². The summed E-state index contributed by atoms with van der Waals surface area (Å²) in [5, 5.41) is 18.3. The van der Waals surface area contributed by atoms with Crippen LogP contribution in [0.3, 0.4) is 0 Å².